The minimum atomic E-state index is 0.761. The maximum absolute atomic E-state index is 4.36. The third-order valence-corrected chi connectivity index (χ3v) is 2.78. The fourth-order valence-electron chi connectivity index (χ4n) is 1.74. The Balaban J connectivity index is 1.98. The molecule has 2 heterocycles. The number of aromatic nitrogens is 3. The lowest BCUT2D eigenvalue weighted by molar-refractivity contribution is 0.627. The number of rotatable bonds is 5. The van der Waals surface area contributed by atoms with Gasteiger partial charge in [-0.25, -0.2) is 4.98 Å². The van der Waals surface area contributed by atoms with E-state index >= 15 is 0 Å². The van der Waals surface area contributed by atoms with E-state index < -0.39 is 0 Å². The monoisotopic (exact) mass is 245 g/mol. The minimum absolute atomic E-state index is 0.761. The van der Waals surface area contributed by atoms with Crippen LogP contribution in [0.15, 0.2) is 30.6 Å². The molecule has 0 aliphatic carbocycles. The van der Waals surface area contributed by atoms with Crippen molar-refractivity contribution in [3.63, 3.8) is 0 Å². The molecule has 0 bridgehead atoms. The summed E-state index contributed by atoms with van der Waals surface area (Å²) >= 11 is 0. The molecule has 0 aliphatic heterocycles. The van der Waals surface area contributed by atoms with Gasteiger partial charge in [-0.2, -0.15) is 5.10 Å². The van der Waals surface area contributed by atoms with Gasteiger partial charge >= 0.3 is 0 Å². The molecule has 0 aliphatic rings. The molecule has 2 aromatic heterocycles. The Morgan fingerprint density at radius 1 is 1.28 bits per heavy atom. The number of hydrogen-bond donors (Lipinski definition) is 1. The van der Waals surface area contributed by atoms with Crippen molar-refractivity contribution < 1.29 is 0 Å². The van der Waals surface area contributed by atoms with Crippen molar-refractivity contribution in [1.82, 2.24) is 14.8 Å². The molecule has 1 N–H and O–H groups in total. The first kappa shape index (κ1) is 12.4. The van der Waals surface area contributed by atoms with E-state index in [0.29, 0.717) is 0 Å². The number of nitrogens with zero attached hydrogens (tertiary/aromatic N) is 4. The lowest BCUT2D eigenvalue weighted by atomic mass is 10.3. The first-order valence-corrected chi connectivity index (χ1v) is 6.08. The number of anilines is 2. The van der Waals surface area contributed by atoms with Crippen LogP contribution in [0.5, 0.6) is 0 Å². The van der Waals surface area contributed by atoms with Crippen LogP contribution in [-0.4, -0.2) is 28.9 Å². The zero-order chi connectivity index (χ0) is 13.0. The van der Waals surface area contributed by atoms with E-state index in [2.05, 4.69) is 22.3 Å². The van der Waals surface area contributed by atoms with Crippen LogP contribution in [0.2, 0.25) is 0 Å². The average molecular weight is 245 g/mol. The molecule has 0 amide bonds. The van der Waals surface area contributed by atoms with Gasteiger partial charge in [0.2, 0.25) is 0 Å². The summed E-state index contributed by atoms with van der Waals surface area (Å²) in [6, 6.07) is 6.06. The van der Waals surface area contributed by atoms with Gasteiger partial charge in [0.1, 0.15) is 5.82 Å². The summed E-state index contributed by atoms with van der Waals surface area (Å²) in [5.74, 6) is 0.958. The minimum Gasteiger partial charge on any atom is -0.378 e. The molecule has 0 radical (unpaired) electrons. The van der Waals surface area contributed by atoms with Crippen LogP contribution in [0.4, 0.5) is 11.5 Å². The number of hydrogen-bond acceptors (Lipinski definition) is 4. The first-order valence-electron chi connectivity index (χ1n) is 6.08. The van der Waals surface area contributed by atoms with E-state index in [9.17, 15) is 0 Å². The van der Waals surface area contributed by atoms with Crippen molar-refractivity contribution in [2.45, 2.75) is 20.0 Å². The van der Waals surface area contributed by atoms with E-state index in [4.69, 9.17) is 0 Å². The summed E-state index contributed by atoms with van der Waals surface area (Å²) in [5.41, 5.74) is 2.19. The molecule has 0 unspecified atom stereocenters. The Labute approximate surface area is 107 Å². The number of pyridine rings is 1. The predicted octanol–water partition coefficient (Wildman–Crippen LogP) is 1.98. The van der Waals surface area contributed by atoms with Crippen LogP contribution in [0, 0.1) is 0 Å². The maximum Gasteiger partial charge on any atom is 0.128 e. The second kappa shape index (κ2) is 5.53. The maximum atomic E-state index is 4.36. The molecule has 0 spiro atoms. The summed E-state index contributed by atoms with van der Waals surface area (Å²) in [6.07, 6.45) is 3.68. The molecule has 0 fully saturated rings. The number of nitrogens with one attached hydrogen (secondary N) is 1. The van der Waals surface area contributed by atoms with Crippen molar-refractivity contribution in [3.05, 3.63) is 36.3 Å². The van der Waals surface area contributed by atoms with Crippen LogP contribution in [-0.2, 0) is 13.1 Å². The lowest BCUT2D eigenvalue weighted by Crippen LogP contribution is -2.11. The molecule has 0 aromatic carbocycles. The van der Waals surface area contributed by atoms with Gasteiger partial charge in [-0.3, -0.25) is 4.68 Å². The summed E-state index contributed by atoms with van der Waals surface area (Å²) in [7, 11) is 3.96. The molecule has 2 aromatic rings. The highest BCUT2D eigenvalue weighted by atomic mass is 15.3. The van der Waals surface area contributed by atoms with Crippen LogP contribution in [0.3, 0.4) is 0 Å². The van der Waals surface area contributed by atoms with Gasteiger partial charge in [0.15, 0.2) is 0 Å². The topological polar surface area (TPSA) is 46.0 Å². The van der Waals surface area contributed by atoms with Crippen molar-refractivity contribution >= 4 is 11.5 Å². The van der Waals surface area contributed by atoms with E-state index in [1.807, 2.05) is 54.3 Å². The smallest absolute Gasteiger partial charge is 0.128 e. The lowest BCUT2D eigenvalue weighted by Gasteiger charge is -2.12. The van der Waals surface area contributed by atoms with Crippen molar-refractivity contribution in [2.75, 3.05) is 24.3 Å². The van der Waals surface area contributed by atoms with Crippen molar-refractivity contribution in [1.29, 1.82) is 0 Å². The normalized spacial score (nSPS) is 10.4. The quantitative estimate of drug-likeness (QED) is 0.875. The summed E-state index contributed by atoms with van der Waals surface area (Å²) in [4.78, 5) is 6.34. The van der Waals surface area contributed by atoms with Gasteiger partial charge in [0.25, 0.3) is 0 Å². The molecule has 5 nitrogen and oxygen atoms in total. The molecule has 2 rings (SSSR count). The molecule has 0 saturated heterocycles. The third kappa shape index (κ3) is 2.80. The van der Waals surface area contributed by atoms with E-state index in [1.165, 1.54) is 5.69 Å². The van der Waals surface area contributed by atoms with Crippen LogP contribution in [0.1, 0.15) is 12.6 Å². The molecule has 0 atom stereocenters. The van der Waals surface area contributed by atoms with Crippen molar-refractivity contribution in [3.8, 4) is 0 Å². The largest absolute Gasteiger partial charge is 0.378 e. The standard InChI is InChI=1S/C13H19N5/c1-4-18-12(7-8-16-18)10-14-11-5-6-13(15-9-11)17(2)3/h5-9,14H,4,10H2,1-3H3. The van der Waals surface area contributed by atoms with Gasteiger partial charge in [0, 0.05) is 26.8 Å². The van der Waals surface area contributed by atoms with E-state index in [0.717, 1.165) is 24.6 Å². The van der Waals surface area contributed by atoms with Gasteiger partial charge in [-0.1, -0.05) is 0 Å². The SMILES string of the molecule is CCn1nccc1CNc1ccc(N(C)C)nc1. The van der Waals surface area contributed by atoms with Gasteiger partial charge in [-0.15, -0.1) is 0 Å². The summed E-state index contributed by atoms with van der Waals surface area (Å²) in [6.45, 7) is 3.74. The Kier molecular flexibility index (Phi) is 3.82. The van der Waals surface area contributed by atoms with Gasteiger partial charge in [-0.05, 0) is 25.1 Å². The van der Waals surface area contributed by atoms with Gasteiger partial charge < -0.3 is 10.2 Å². The molecule has 0 saturated carbocycles. The van der Waals surface area contributed by atoms with E-state index in [-0.39, 0.29) is 0 Å². The fraction of sp³-hybridized carbons (Fsp3) is 0.385. The number of aryl methyl sites for hydroxylation is 1. The van der Waals surface area contributed by atoms with Gasteiger partial charge in [0.05, 0.1) is 24.1 Å². The van der Waals surface area contributed by atoms with Crippen molar-refractivity contribution in [2.24, 2.45) is 0 Å². The second-order valence-corrected chi connectivity index (χ2v) is 4.29. The second-order valence-electron chi connectivity index (χ2n) is 4.29. The van der Waals surface area contributed by atoms with E-state index in [1.54, 1.807) is 0 Å². The Morgan fingerprint density at radius 2 is 2.11 bits per heavy atom. The van der Waals surface area contributed by atoms with Crippen LogP contribution >= 0.6 is 0 Å². The molecule has 96 valence electrons. The molecule has 5 heteroatoms. The average Bonchev–Trinajstić information content (AvgIpc) is 2.84. The highest BCUT2D eigenvalue weighted by molar-refractivity contribution is 5.47. The highest BCUT2D eigenvalue weighted by Crippen LogP contribution is 2.12. The van der Waals surface area contributed by atoms with Crippen LogP contribution < -0.4 is 10.2 Å². The zero-order valence-corrected chi connectivity index (χ0v) is 11.1. The third-order valence-electron chi connectivity index (χ3n) is 2.78. The molecular weight excluding hydrogens is 226 g/mol. The highest BCUT2D eigenvalue weighted by Gasteiger charge is 2.01. The molecule has 18 heavy (non-hydrogen) atoms. The molecular formula is C13H19N5. The Morgan fingerprint density at radius 3 is 2.72 bits per heavy atom. The summed E-state index contributed by atoms with van der Waals surface area (Å²) in [5, 5.41) is 7.58. The first-order chi connectivity index (χ1) is 8.70. The Hall–Kier alpha value is -2.04. The predicted molar refractivity (Wildman–Crippen MR) is 73.8 cm³/mol. The summed E-state index contributed by atoms with van der Waals surface area (Å²) < 4.78 is 1.98. The Bertz CT molecular complexity index is 486. The zero-order valence-electron chi connectivity index (χ0n) is 11.1. The fourth-order valence-corrected chi connectivity index (χ4v) is 1.74. The van der Waals surface area contributed by atoms with Crippen LogP contribution in [0.25, 0.3) is 0 Å².